The SMILES string of the molecule is CC1CCC(C(O)S(=O)(=O)[O-])CC1.CC1CCC(C=O)CC1.CC1CCC(C=O)CC1.CC1CCC(O)CC1.CC1CCC(O)CC1.CC1CCC(O)CC1.COC=C1CCC(C)CC1.COC[P+](c1ccccc1)(c1ccccc1)c1ccccc1.[Cl-].[Na+]. The van der Waals surface area contributed by atoms with Crippen molar-refractivity contribution in [2.45, 2.75) is 252 Å². The van der Waals surface area contributed by atoms with Crippen LogP contribution < -0.4 is 57.9 Å². The molecule has 10 rings (SSSR count). The topological polar surface area (TPSA) is 191 Å². The van der Waals surface area contributed by atoms with E-state index < -0.39 is 22.8 Å². The Balaban J connectivity index is 0.000000524. The van der Waals surface area contributed by atoms with E-state index in [2.05, 4.69) is 139 Å². The third-order valence-electron chi connectivity index (χ3n) is 19.3. The van der Waals surface area contributed by atoms with E-state index in [0.717, 1.165) is 125 Å². The number of halogens is 1. The van der Waals surface area contributed by atoms with Gasteiger partial charge in [-0.1, -0.05) is 142 Å². The molecule has 0 aromatic heterocycles. The van der Waals surface area contributed by atoms with Crippen molar-refractivity contribution in [3.63, 3.8) is 0 Å². The Kier molecular flexibility index (Phi) is 46.4. The maximum Gasteiger partial charge on any atom is 1.00 e. The molecule has 0 heterocycles. The number of hydrogen-bond donors (Lipinski definition) is 4. The van der Waals surface area contributed by atoms with Gasteiger partial charge in [0.2, 0.25) is 0 Å². The van der Waals surface area contributed by atoms with Crippen LogP contribution >= 0.6 is 7.26 Å². The molecule has 7 saturated carbocycles. The normalized spacial score (nSPS) is 28.6. The molecule has 0 spiro atoms. The molecule has 1 unspecified atom stereocenters. The molecule has 0 aliphatic heterocycles. The largest absolute Gasteiger partial charge is 1.00 e. The molecule has 11 nitrogen and oxygen atoms in total. The van der Waals surface area contributed by atoms with Gasteiger partial charge in [0.1, 0.15) is 51.3 Å². The zero-order valence-corrected chi connectivity index (χ0v) is 61.3. The van der Waals surface area contributed by atoms with Gasteiger partial charge in [-0.05, 0) is 231 Å². The molecule has 502 valence electrons. The first kappa shape index (κ1) is 85.0. The molecule has 0 bridgehead atoms. The smallest absolute Gasteiger partial charge is 1.00 e. The van der Waals surface area contributed by atoms with E-state index >= 15 is 0 Å². The number of methoxy groups -OCH3 is 2. The predicted molar refractivity (Wildman–Crippen MR) is 362 cm³/mol. The van der Waals surface area contributed by atoms with E-state index in [1.165, 1.54) is 111 Å². The molecule has 89 heavy (non-hydrogen) atoms. The van der Waals surface area contributed by atoms with E-state index in [1.54, 1.807) is 14.2 Å². The maximum atomic E-state index is 10.5. The van der Waals surface area contributed by atoms with Gasteiger partial charge in [0.25, 0.3) is 0 Å². The zero-order valence-electron chi connectivity index (χ0n) is 56.9. The van der Waals surface area contributed by atoms with E-state index in [-0.39, 0.29) is 66.2 Å². The Bertz CT molecular complexity index is 2110. The van der Waals surface area contributed by atoms with Crippen LogP contribution in [0.2, 0.25) is 0 Å². The molecular formula is C74H121ClNaO11PS. The minimum Gasteiger partial charge on any atom is -1.00 e. The van der Waals surface area contributed by atoms with Crippen molar-refractivity contribution in [2.75, 3.05) is 20.6 Å². The number of aliphatic hydroxyl groups is 4. The van der Waals surface area contributed by atoms with Crippen molar-refractivity contribution in [3.8, 4) is 0 Å². The van der Waals surface area contributed by atoms with Crippen LogP contribution in [0.5, 0.6) is 0 Å². The molecule has 7 fully saturated rings. The van der Waals surface area contributed by atoms with Crippen LogP contribution in [-0.2, 0) is 29.2 Å². The van der Waals surface area contributed by atoms with Crippen LogP contribution in [0.4, 0.5) is 0 Å². The number of hydrogen-bond acceptors (Lipinski definition) is 11. The summed E-state index contributed by atoms with van der Waals surface area (Å²) in [6, 6.07) is 32.3. The van der Waals surface area contributed by atoms with Crippen LogP contribution in [0.3, 0.4) is 0 Å². The minimum absolute atomic E-state index is 0. The third-order valence-corrected chi connectivity index (χ3v) is 24.5. The molecule has 0 amide bonds. The molecule has 7 aliphatic rings. The summed E-state index contributed by atoms with van der Waals surface area (Å²) < 4.78 is 42.2. The van der Waals surface area contributed by atoms with Crippen molar-refractivity contribution in [3.05, 3.63) is 103 Å². The first-order chi connectivity index (χ1) is 41.6. The Morgan fingerprint density at radius 2 is 0.719 bits per heavy atom. The summed E-state index contributed by atoms with van der Waals surface area (Å²) in [5.41, 5.74) is -0.208. The van der Waals surface area contributed by atoms with Gasteiger partial charge in [0, 0.05) is 18.9 Å². The second kappa shape index (κ2) is 48.6. The third kappa shape index (κ3) is 35.3. The molecule has 0 radical (unpaired) electrons. The first-order valence-electron chi connectivity index (χ1n) is 34.0. The van der Waals surface area contributed by atoms with Gasteiger partial charge in [0.15, 0.2) is 6.35 Å². The van der Waals surface area contributed by atoms with Gasteiger partial charge in [-0.3, -0.25) is 0 Å². The van der Waals surface area contributed by atoms with Gasteiger partial charge >= 0.3 is 29.6 Å². The first-order valence-corrected chi connectivity index (χ1v) is 37.4. The summed E-state index contributed by atoms with van der Waals surface area (Å²) in [6.45, 7) is 15.7. The average molecular weight is 1310 g/mol. The van der Waals surface area contributed by atoms with Crippen molar-refractivity contribution in [1.82, 2.24) is 0 Å². The molecule has 3 aromatic rings. The Hall–Kier alpha value is -2.03. The van der Waals surface area contributed by atoms with Gasteiger partial charge in [-0.25, -0.2) is 8.42 Å². The van der Waals surface area contributed by atoms with Crippen LogP contribution in [-0.4, -0.2) is 90.3 Å². The molecule has 3 aromatic carbocycles. The van der Waals surface area contributed by atoms with E-state index in [4.69, 9.17) is 24.8 Å². The number of rotatable bonds is 10. The minimum atomic E-state index is -4.51. The van der Waals surface area contributed by atoms with E-state index in [9.17, 15) is 27.7 Å². The summed E-state index contributed by atoms with van der Waals surface area (Å²) in [5, 5.41) is 40.3. The number of allylic oxidation sites excluding steroid dienone is 1. The van der Waals surface area contributed by atoms with Crippen LogP contribution in [0.25, 0.3) is 0 Å². The number of aldehydes is 2. The molecule has 1 atom stereocenters. The van der Waals surface area contributed by atoms with Crippen molar-refractivity contribution < 1.29 is 94.4 Å². The van der Waals surface area contributed by atoms with Gasteiger partial charge in [-0.2, -0.15) is 0 Å². The van der Waals surface area contributed by atoms with E-state index in [1.807, 2.05) is 6.26 Å². The molecule has 4 N–H and O–H groups in total. The van der Waals surface area contributed by atoms with Crippen LogP contribution in [0, 0.1) is 59.2 Å². The second-order valence-electron chi connectivity index (χ2n) is 27.4. The molecule has 0 saturated heterocycles. The molecular weight excluding hydrogens is 1190 g/mol. The summed E-state index contributed by atoms with van der Waals surface area (Å²) in [6.07, 6.45) is 36.2. The molecule has 15 heteroatoms. The fourth-order valence-electron chi connectivity index (χ4n) is 12.7. The Morgan fingerprint density at radius 3 is 0.955 bits per heavy atom. The quantitative estimate of drug-likeness (QED) is 0.0497. The molecule has 7 aliphatic carbocycles. The summed E-state index contributed by atoms with van der Waals surface area (Å²) >= 11 is 0. The summed E-state index contributed by atoms with van der Waals surface area (Å²) in [7, 11) is -2.77. The fourth-order valence-corrected chi connectivity index (χ4v) is 17.2. The number of benzene rings is 3. The zero-order chi connectivity index (χ0) is 64.0. The fraction of sp³-hybridized carbons (Fsp3) is 0.703. The van der Waals surface area contributed by atoms with Gasteiger partial charge < -0.3 is 56.4 Å². The van der Waals surface area contributed by atoms with E-state index in [0.29, 0.717) is 36.9 Å². The van der Waals surface area contributed by atoms with Gasteiger partial charge in [-0.15, -0.1) is 0 Å². The second-order valence-corrected chi connectivity index (χ2v) is 32.3. The number of ether oxygens (including phenoxy) is 2. The predicted octanol–water partition coefficient (Wildman–Crippen LogP) is 9.69. The summed E-state index contributed by atoms with van der Waals surface area (Å²) in [5.74, 6) is 6.24. The monoisotopic (exact) mass is 1310 g/mol. The average Bonchev–Trinajstić information content (AvgIpc) is 1.71. The Labute approximate surface area is 570 Å². The van der Waals surface area contributed by atoms with Crippen LogP contribution in [0.1, 0.15) is 228 Å². The van der Waals surface area contributed by atoms with Gasteiger partial charge in [0.05, 0.1) is 31.7 Å². The van der Waals surface area contributed by atoms with Crippen molar-refractivity contribution >= 4 is 45.9 Å². The van der Waals surface area contributed by atoms with Crippen molar-refractivity contribution in [1.29, 1.82) is 0 Å². The Morgan fingerprint density at radius 1 is 0.461 bits per heavy atom. The number of carbonyl (C=O) groups excluding carboxylic acids is 2. The standard InChI is InChI=1S/C20H20OP.C9H16O.C8H16O4S.2C8H14O.3C7H14O.ClH.Na/c1-21-17-22(18-11-5-2-6-12-18,19-13-7-3-8-14-19)20-15-9-4-10-16-20;1-8-3-5-9(6-4-8)7-10-2;1-6-2-4-7(5-3-6)8(9)13(10,11)12;2*1-7-2-4-8(6-9)5-3-7;3*1-6-2-4-7(8)5-3-6;;/h2-16H,17H2,1H3;7-8H,3-6H2,1-2H3;6-9H,2-5H2,1H3,(H,10,11,12);2*6-8H,2-5H2,1H3;3*6-8H,2-5H2,1H3;1H;/q+1;;;;;;;;;+1/p-2. The van der Waals surface area contributed by atoms with Crippen LogP contribution in [0.15, 0.2) is 103 Å². The summed E-state index contributed by atoms with van der Waals surface area (Å²) in [4.78, 5) is 20.5. The maximum absolute atomic E-state index is 10.5. The number of carbonyl (C=O) groups is 2. The van der Waals surface area contributed by atoms with Crippen molar-refractivity contribution in [2.24, 2.45) is 59.2 Å². The number of aliphatic hydroxyl groups excluding tert-OH is 4.